The average Bonchev–Trinajstić information content (AvgIpc) is 2.44. The zero-order chi connectivity index (χ0) is 15.2. The van der Waals surface area contributed by atoms with Crippen LogP contribution in [0.2, 0.25) is 0 Å². The number of hydrogen-bond donors (Lipinski definition) is 1. The number of nitrogens with zero attached hydrogens (tertiary/aromatic N) is 1. The van der Waals surface area contributed by atoms with E-state index in [2.05, 4.69) is 31.0 Å². The standard InChI is InChI=1S/C15H15BrF2N2O/c1-10(19-9-12-5-3-7-14(16)20-12)11-4-2-6-13(8-11)21-15(17)18/h2-8,10,15,19H,9H2,1H3. The number of halogens is 3. The summed E-state index contributed by atoms with van der Waals surface area (Å²) in [6.07, 6.45) is 0. The Morgan fingerprint density at radius 2 is 2.00 bits per heavy atom. The largest absolute Gasteiger partial charge is 0.435 e. The Balaban J connectivity index is 1.98. The molecule has 0 amide bonds. The molecule has 0 aliphatic heterocycles. The second-order valence-corrected chi connectivity index (χ2v) is 5.32. The Morgan fingerprint density at radius 3 is 2.71 bits per heavy atom. The fourth-order valence-corrected chi connectivity index (χ4v) is 2.26. The van der Waals surface area contributed by atoms with Crippen LogP contribution in [0.4, 0.5) is 8.78 Å². The molecule has 1 N–H and O–H groups in total. The van der Waals surface area contributed by atoms with E-state index in [9.17, 15) is 8.78 Å². The second-order valence-electron chi connectivity index (χ2n) is 4.51. The van der Waals surface area contributed by atoms with Crippen LogP contribution in [0.3, 0.4) is 0 Å². The van der Waals surface area contributed by atoms with E-state index in [1.165, 1.54) is 6.07 Å². The molecule has 0 fully saturated rings. The molecule has 0 radical (unpaired) electrons. The lowest BCUT2D eigenvalue weighted by atomic mass is 10.1. The van der Waals surface area contributed by atoms with E-state index in [4.69, 9.17) is 0 Å². The predicted molar refractivity (Wildman–Crippen MR) is 80.3 cm³/mol. The lowest BCUT2D eigenvalue weighted by molar-refractivity contribution is -0.0499. The van der Waals surface area contributed by atoms with Crippen molar-refractivity contribution >= 4 is 15.9 Å². The zero-order valence-corrected chi connectivity index (χ0v) is 13.0. The van der Waals surface area contributed by atoms with Crippen molar-refractivity contribution in [3.05, 3.63) is 58.3 Å². The van der Waals surface area contributed by atoms with E-state index in [1.54, 1.807) is 12.1 Å². The fourth-order valence-electron chi connectivity index (χ4n) is 1.88. The van der Waals surface area contributed by atoms with Crippen molar-refractivity contribution in [1.29, 1.82) is 0 Å². The number of alkyl halides is 2. The Hall–Kier alpha value is -1.53. The summed E-state index contributed by atoms with van der Waals surface area (Å²) >= 11 is 3.32. The lowest BCUT2D eigenvalue weighted by Gasteiger charge is -2.15. The van der Waals surface area contributed by atoms with Gasteiger partial charge in [0.2, 0.25) is 0 Å². The fraction of sp³-hybridized carbons (Fsp3) is 0.267. The molecule has 0 bridgehead atoms. The molecule has 2 rings (SSSR count). The minimum atomic E-state index is -2.81. The lowest BCUT2D eigenvalue weighted by Crippen LogP contribution is -2.18. The molecule has 3 nitrogen and oxygen atoms in total. The van der Waals surface area contributed by atoms with E-state index >= 15 is 0 Å². The van der Waals surface area contributed by atoms with Gasteiger partial charge in [-0.1, -0.05) is 18.2 Å². The van der Waals surface area contributed by atoms with E-state index in [1.807, 2.05) is 31.2 Å². The maximum atomic E-state index is 12.2. The van der Waals surface area contributed by atoms with Crippen molar-refractivity contribution in [2.24, 2.45) is 0 Å². The highest BCUT2D eigenvalue weighted by Gasteiger charge is 2.09. The number of rotatable bonds is 6. The molecule has 0 aliphatic rings. The van der Waals surface area contributed by atoms with Gasteiger partial charge >= 0.3 is 6.61 Å². The van der Waals surface area contributed by atoms with Gasteiger partial charge in [0.25, 0.3) is 0 Å². The number of aromatic nitrogens is 1. The summed E-state index contributed by atoms with van der Waals surface area (Å²) in [4.78, 5) is 4.33. The SMILES string of the molecule is CC(NCc1cccc(Br)n1)c1cccc(OC(F)F)c1. The Morgan fingerprint density at radius 1 is 1.24 bits per heavy atom. The third-order valence-electron chi connectivity index (χ3n) is 2.95. The summed E-state index contributed by atoms with van der Waals surface area (Å²) in [5, 5.41) is 3.30. The molecule has 1 aromatic carbocycles. The van der Waals surface area contributed by atoms with E-state index < -0.39 is 6.61 Å². The van der Waals surface area contributed by atoms with Gasteiger partial charge in [-0.25, -0.2) is 4.98 Å². The van der Waals surface area contributed by atoms with Gasteiger partial charge in [-0.2, -0.15) is 8.78 Å². The normalized spacial score (nSPS) is 12.4. The summed E-state index contributed by atoms with van der Waals surface area (Å²) in [5.74, 6) is 0.164. The van der Waals surface area contributed by atoms with Gasteiger partial charge in [-0.05, 0) is 52.7 Å². The molecule has 112 valence electrons. The van der Waals surface area contributed by atoms with Crippen LogP contribution in [0.1, 0.15) is 24.2 Å². The number of hydrogen-bond acceptors (Lipinski definition) is 3. The molecule has 1 aromatic heterocycles. The molecular formula is C15H15BrF2N2O. The van der Waals surface area contributed by atoms with Crippen LogP contribution in [-0.4, -0.2) is 11.6 Å². The van der Waals surface area contributed by atoms with Crippen LogP contribution >= 0.6 is 15.9 Å². The van der Waals surface area contributed by atoms with Gasteiger partial charge in [0.15, 0.2) is 0 Å². The first-order valence-electron chi connectivity index (χ1n) is 6.44. The molecule has 1 atom stereocenters. The number of benzene rings is 1. The molecule has 6 heteroatoms. The highest BCUT2D eigenvalue weighted by atomic mass is 79.9. The number of ether oxygens (including phenoxy) is 1. The number of pyridine rings is 1. The van der Waals surface area contributed by atoms with Crippen molar-refractivity contribution < 1.29 is 13.5 Å². The van der Waals surface area contributed by atoms with Gasteiger partial charge in [-0.3, -0.25) is 0 Å². The monoisotopic (exact) mass is 356 g/mol. The van der Waals surface area contributed by atoms with Gasteiger partial charge in [0, 0.05) is 12.6 Å². The highest BCUT2D eigenvalue weighted by Crippen LogP contribution is 2.21. The zero-order valence-electron chi connectivity index (χ0n) is 11.4. The van der Waals surface area contributed by atoms with Crippen molar-refractivity contribution in [2.45, 2.75) is 26.1 Å². The van der Waals surface area contributed by atoms with E-state index in [0.29, 0.717) is 6.54 Å². The van der Waals surface area contributed by atoms with Crippen molar-refractivity contribution in [3.8, 4) is 5.75 Å². The molecule has 0 saturated carbocycles. The minimum absolute atomic E-state index is 0.00740. The van der Waals surface area contributed by atoms with Gasteiger partial charge in [0.1, 0.15) is 10.4 Å². The topological polar surface area (TPSA) is 34.2 Å². The summed E-state index contributed by atoms with van der Waals surface area (Å²) < 4.78 is 29.6. The van der Waals surface area contributed by atoms with Crippen LogP contribution in [-0.2, 0) is 6.54 Å². The van der Waals surface area contributed by atoms with E-state index in [0.717, 1.165) is 15.9 Å². The summed E-state index contributed by atoms with van der Waals surface area (Å²) in [5.41, 5.74) is 1.78. The highest BCUT2D eigenvalue weighted by molar-refractivity contribution is 9.10. The van der Waals surface area contributed by atoms with Crippen LogP contribution in [0.15, 0.2) is 47.1 Å². The molecule has 0 spiro atoms. The molecule has 0 saturated heterocycles. The minimum Gasteiger partial charge on any atom is -0.435 e. The Labute approximate surface area is 130 Å². The van der Waals surface area contributed by atoms with Crippen LogP contribution < -0.4 is 10.1 Å². The molecule has 2 aromatic rings. The smallest absolute Gasteiger partial charge is 0.387 e. The van der Waals surface area contributed by atoms with Crippen molar-refractivity contribution in [2.75, 3.05) is 0 Å². The molecule has 1 heterocycles. The Kier molecular flexibility index (Phi) is 5.64. The maximum absolute atomic E-state index is 12.2. The first kappa shape index (κ1) is 15.9. The maximum Gasteiger partial charge on any atom is 0.387 e. The van der Waals surface area contributed by atoms with Crippen LogP contribution in [0.5, 0.6) is 5.75 Å². The third-order valence-corrected chi connectivity index (χ3v) is 3.39. The quantitative estimate of drug-likeness (QED) is 0.783. The molecular weight excluding hydrogens is 342 g/mol. The van der Waals surface area contributed by atoms with Crippen molar-refractivity contribution in [1.82, 2.24) is 10.3 Å². The molecule has 21 heavy (non-hydrogen) atoms. The van der Waals surface area contributed by atoms with Crippen molar-refractivity contribution in [3.63, 3.8) is 0 Å². The van der Waals surface area contributed by atoms with Gasteiger partial charge in [-0.15, -0.1) is 0 Å². The molecule has 0 aliphatic carbocycles. The average molecular weight is 357 g/mol. The predicted octanol–water partition coefficient (Wildman–Crippen LogP) is 4.30. The van der Waals surface area contributed by atoms with Gasteiger partial charge < -0.3 is 10.1 Å². The summed E-state index contributed by atoms with van der Waals surface area (Å²) in [7, 11) is 0. The third kappa shape index (κ3) is 5.06. The first-order chi connectivity index (χ1) is 10.0. The second kappa shape index (κ2) is 7.47. The number of nitrogens with one attached hydrogen (secondary N) is 1. The Bertz CT molecular complexity index is 595. The van der Waals surface area contributed by atoms with E-state index in [-0.39, 0.29) is 11.8 Å². The van der Waals surface area contributed by atoms with Crippen LogP contribution in [0.25, 0.3) is 0 Å². The summed E-state index contributed by atoms with van der Waals surface area (Å²) in [6, 6.07) is 12.4. The van der Waals surface area contributed by atoms with Gasteiger partial charge in [0.05, 0.1) is 5.69 Å². The summed E-state index contributed by atoms with van der Waals surface area (Å²) in [6.45, 7) is -0.269. The molecule has 1 unspecified atom stereocenters. The van der Waals surface area contributed by atoms with Crippen LogP contribution in [0, 0.1) is 0 Å². The first-order valence-corrected chi connectivity index (χ1v) is 7.23.